The van der Waals surface area contributed by atoms with E-state index in [2.05, 4.69) is 31.1 Å². The normalized spacial score (nSPS) is 10.7. The minimum atomic E-state index is -0.340. The largest absolute Gasteiger partial charge is 0.382 e. The summed E-state index contributed by atoms with van der Waals surface area (Å²) in [6, 6.07) is 8.51. The Bertz CT molecular complexity index is 755. The zero-order valence-electron chi connectivity index (χ0n) is 10.3. The van der Waals surface area contributed by atoms with Crippen LogP contribution in [0.5, 0.6) is 0 Å². The average Bonchev–Trinajstić information content (AvgIpc) is 2.84. The van der Waals surface area contributed by atoms with Gasteiger partial charge in [-0.25, -0.2) is 4.39 Å². The van der Waals surface area contributed by atoms with E-state index in [1.165, 1.54) is 6.07 Å². The highest BCUT2D eigenvalue weighted by Crippen LogP contribution is 2.38. The second kappa shape index (κ2) is 5.05. The summed E-state index contributed by atoms with van der Waals surface area (Å²) in [6.07, 6.45) is 3.37. The number of halogens is 2. The summed E-state index contributed by atoms with van der Waals surface area (Å²) < 4.78 is 14.1. The Morgan fingerprint density at radius 3 is 2.80 bits per heavy atom. The summed E-state index contributed by atoms with van der Waals surface area (Å²) in [5.74, 6) is 0.0111. The molecule has 0 saturated carbocycles. The SMILES string of the molecule is Nc1n[nH]c(-c2cccc(F)c2Br)c1-c1cccnc1. The van der Waals surface area contributed by atoms with Crippen molar-refractivity contribution in [2.45, 2.75) is 0 Å². The molecule has 0 fully saturated rings. The maximum Gasteiger partial charge on any atom is 0.153 e. The zero-order valence-corrected chi connectivity index (χ0v) is 11.9. The number of nitrogen functional groups attached to an aromatic ring is 1. The van der Waals surface area contributed by atoms with Crippen molar-refractivity contribution in [2.75, 3.05) is 5.73 Å². The van der Waals surface area contributed by atoms with E-state index in [1.54, 1.807) is 24.5 Å². The van der Waals surface area contributed by atoms with Gasteiger partial charge in [0, 0.05) is 23.5 Å². The Morgan fingerprint density at radius 1 is 1.20 bits per heavy atom. The van der Waals surface area contributed by atoms with Crippen LogP contribution in [0.2, 0.25) is 0 Å². The fraction of sp³-hybridized carbons (Fsp3) is 0. The van der Waals surface area contributed by atoms with Crippen LogP contribution in [-0.4, -0.2) is 15.2 Å². The van der Waals surface area contributed by atoms with Gasteiger partial charge < -0.3 is 5.73 Å². The van der Waals surface area contributed by atoms with E-state index in [4.69, 9.17) is 5.73 Å². The quantitative estimate of drug-likeness (QED) is 0.753. The van der Waals surface area contributed by atoms with Crippen molar-refractivity contribution in [2.24, 2.45) is 0 Å². The molecule has 100 valence electrons. The average molecular weight is 333 g/mol. The van der Waals surface area contributed by atoms with E-state index in [1.807, 2.05) is 12.1 Å². The van der Waals surface area contributed by atoms with Crippen LogP contribution in [0.1, 0.15) is 0 Å². The molecule has 0 aliphatic heterocycles. The van der Waals surface area contributed by atoms with Gasteiger partial charge in [0.15, 0.2) is 5.82 Å². The van der Waals surface area contributed by atoms with Crippen molar-refractivity contribution in [1.29, 1.82) is 0 Å². The fourth-order valence-corrected chi connectivity index (χ4v) is 2.51. The first-order valence-corrected chi connectivity index (χ1v) is 6.66. The van der Waals surface area contributed by atoms with Gasteiger partial charge in [-0.1, -0.05) is 18.2 Å². The van der Waals surface area contributed by atoms with Gasteiger partial charge in [0.2, 0.25) is 0 Å². The van der Waals surface area contributed by atoms with E-state index in [-0.39, 0.29) is 5.82 Å². The van der Waals surface area contributed by atoms with Crippen LogP contribution in [0.15, 0.2) is 47.2 Å². The molecule has 0 atom stereocenters. The van der Waals surface area contributed by atoms with Gasteiger partial charge in [-0.05, 0) is 28.1 Å². The first kappa shape index (κ1) is 12.8. The van der Waals surface area contributed by atoms with Gasteiger partial charge in [0.25, 0.3) is 0 Å². The van der Waals surface area contributed by atoms with Crippen molar-refractivity contribution in [3.05, 3.63) is 53.0 Å². The molecule has 3 aromatic rings. The molecule has 3 N–H and O–H groups in total. The number of aromatic nitrogens is 3. The van der Waals surface area contributed by atoms with E-state index in [0.717, 1.165) is 5.56 Å². The first-order chi connectivity index (χ1) is 9.68. The molecule has 0 bridgehead atoms. The third-order valence-electron chi connectivity index (χ3n) is 2.97. The lowest BCUT2D eigenvalue weighted by atomic mass is 10.0. The number of hydrogen-bond donors (Lipinski definition) is 2. The Labute approximate surface area is 123 Å². The molecule has 0 amide bonds. The number of nitrogens with two attached hydrogens (primary N) is 1. The van der Waals surface area contributed by atoms with Gasteiger partial charge in [0.05, 0.1) is 15.7 Å². The molecule has 1 aromatic carbocycles. The van der Waals surface area contributed by atoms with Crippen LogP contribution >= 0.6 is 15.9 Å². The zero-order chi connectivity index (χ0) is 14.1. The highest BCUT2D eigenvalue weighted by molar-refractivity contribution is 9.10. The van der Waals surface area contributed by atoms with Gasteiger partial charge >= 0.3 is 0 Å². The number of pyridine rings is 1. The molecule has 0 aliphatic rings. The van der Waals surface area contributed by atoms with Crippen LogP contribution < -0.4 is 5.73 Å². The Morgan fingerprint density at radius 2 is 2.05 bits per heavy atom. The highest BCUT2D eigenvalue weighted by atomic mass is 79.9. The monoisotopic (exact) mass is 332 g/mol. The number of rotatable bonds is 2. The number of anilines is 1. The number of nitrogens with one attached hydrogen (secondary N) is 1. The lowest BCUT2D eigenvalue weighted by Gasteiger charge is -2.07. The molecular weight excluding hydrogens is 323 g/mol. The molecule has 20 heavy (non-hydrogen) atoms. The molecule has 0 radical (unpaired) electrons. The summed E-state index contributed by atoms with van der Waals surface area (Å²) in [5.41, 5.74) is 8.77. The summed E-state index contributed by atoms with van der Waals surface area (Å²) in [7, 11) is 0. The number of aromatic amines is 1. The van der Waals surface area contributed by atoms with Crippen molar-refractivity contribution in [1.82, 2.24) is 15.2 Å². The predicted molar refractivity (Wildman–Crippen MR) is 79.3 cm³/mol. The van der Waals surface area contributed by atoms with Crippen molar-refractivity contribution >= 4 is 21.7 Å². The Balaban J connectivity index is 2.24. The topological polar surface area (TPSA) is 67.6 Å². The summed E-state index contributed by atoms with van der Waals surface area (Å²) in [4.78, 5) is 4.07. The number of benzene rings is 1. The first-order valence-electron chi connectivity index (χ1n) is 5.87. The van der Waals surface area contributed by atoms with E-state index in [0.29, 0.717) is 27.1 Å². The van der Waals surface area contributed by atoms with Crippen LogP contribution in [0, 0.1) is 5.82 Å². The molecule has 4 nitrogen and oxygen atoms in total. The van der Waals surface area contributed by atoms with Crippen LogP contribution in [0.3, 0.4) is 0 Å². The summed E-state index contributed by atoms with van der Waals surface area (Å²) in [5, 5.41) is 6.88. The Hall–Kier alpha value is -2.21. The van der Waals surface area contributed by atoms with Gasteiger partial charge in [-0.3, -0.25) is 10.1 Å². The van der Waals surface area contributed by atoms with E-state index >= 15 is 0 Å². The van der Waals surface area contributed by atoms with Gasteiger partial charge in [-0.15, -0.1) is 0 Å². The third kappa shape index (κ3) is 2.08. The molecule has 3 rings (SSSR count). The fourth-order valence-electron chi connectivity index (χ4n) is 2.05. The van der Waals surface area contributed by atoms with Crippen molar-refractivity contribution < 1.29 is 4.39 Å². The number of H-pyrrole nitrogens is 1. The van der Waals surface area contributed by atoms with Gasteiger partial charge in [0.1, 0.15) is 5.82 Å². The standard InChI is InChI=1S/C14H10BrFN4/c15-12-9(4-1-5-10(12)16)13-11(14(17)20-19-13)8-3-2-6-18-7-8/h1-7H,(H3,17,19,20). The molecule has 0 spiro atoms. The Kier molecular flexibility index (Phi) is 3.23. The van der Waals surface area contributed by atoms with Crippen LogP contribution in [0.4, 0.5) is 10.2 Å². The number of nitrogens with zero attached hydrogens (tertiary/aromatic N) is 2. The maximum absolute atomic E-state index is 13.7. The molecular formula is C14H10BrFN4. The molecule has 6 heteroatoms. The van der Waals surface area contributed by atoms with Crippen LogP contribution in [0.25, 0.3) is 22.4 Å². The molecule has 0 saturated heterocycles. The molecule has 2 aromatic heterocycles. The van der Waals surface area contributed by atoms with Crippen molar-refractivity contribution in [3.63, 3.8) is 0 Å². The lowest BCUT2D eigenvalue weighted by molar-refractivity contribution is 0.621. The number of hydrogen-bond acceptors (Lipinski definition) is 3. The second-order valence-corrected chi connectivity index (χ2v) is 4.99. The van der Waals surface area contributed by atoms with E-state index in [9.17, 15) is 4.39 Å². The maximum atomic E-state index is 13.7. The molecule has 2 heterocycles. The van der Waals surface area contributed by atoms with Crippen LogP contribution in [-0.2, 0) is 0 Å². The highest BCUT2D eigenvalue weighted by Gasteiger charge is 2.18. The minimum Gasteiger partial charge on any atom is -0.382 e. The minimum absolute atomic E-state index is 0.340. The molecule has 0 unspecified atom stereocenters. The summed E-state index contributed by atoms with van der Waals surface area (Å²) >= 11 is 3.25. The van der Waals surface area contributed by atoms with E-state index < -0.39 is 0 Å². The molecule has 0 aliphatic carbocycles. The second-order valence-electron chi connectivity index (χ2n) is 4.20. The lowest BCUT2D eigenvalue weighted by Crippen LogP contribution is -1.90. The predicted octanol–water partition coefficient (Wildman–Crippen LogP) is 3.62. The van der Waals surface area contributed by atoms with Crippen molar-refractivity contribution in [3.8, 4) is 22.4 Å². The van der Waals surface area contributed by atoms with Gasteiger partial charge in [-0.2, -0.15) is 5.10 Å². The summed E-state index contributed by atoms with van der Waals surface area (Å²) in [6.45, 7) is 0. The smallest absolute Gasteiger partial charge is 0.153 e. The third-order valence-corrected chi connectivity index (χ3v) is 3.77.